The third kappa shape index (κ3) is 8.59. The van der Waals surface area contributed by atoms with Gasteiger partial charge in [0, 0.05) is 13.1 Å². The molecule has 7 nitrogen and oxygen atoms in total. The Balaban J connectivity index is 2.50. The number of amides is 2. The lowest BCUT2D eigenvalue weighted by Gasteiger charge is -2.33. The van der Waals surface area contributed by atoms with E-state index in [1.165, 1.54) is 24.3 Å². The van der Waals surface area contributed by atoms with Crippen molar-refractivity contribution in [2.75, 3.05) is 23.7 Å². The highest BCUT2D eigenvalue weighted by molar-refractivity contribution is 7.92. The predicted molar refractivity (Wildman–Crippen MR) is 138 cm³/mol. The number of carbonyl (C=O) groups excluding carboxylic acids is 2. The Morgan fingerprint density at radius 2 is 1.71 bits per heavy atom. The number of unbranched alkanes of at least 4 members (excludes halogenated alkanes) is 1. The van der Waals surface area contributed by atoms with E-state index >= 15 is 0 Å². The molecule has 0 aliphatic carbocycles. The maximum atomic E-state index is 13.6. The molecule has 2 rings (SSSR count). The Morgan fingerprint density at radius 1 is 1.08 bits per heavy atom. The molecule has 0 fully saturated rings. The largest absolute Gasteiger partial charge is 0.416 e. The van der Waals surface area contributed by atoms with Gasteiger partial charge in [-0.05, 0) is 48.7 Å². The van der Waals surface area contributed by atoms with Crippen LogP contribution in [-0.4, -0.2) is 50.5 Å². The molecule has 0 saturated carbocycles. The van der Waals surface area contributed by atoms with Gasteiger partial charge in [-0.25, -0.2) is 12.8 Å². The van der Waals surface area contributed by atoms with Gasteiger partial charge in [-0.15, -0.1) is 0 Å². The second-order valence-corrected chi connectivity index (χ2v) is 11.0. The first-order chi connectivity index (χ1) is 17.7. The van der Waals surface area contributed by atoms with Gasteiger partial charge in [-0.2, -0.15) is 13.2 Å². The highest BCUT2D eigenvalue weighted by Crippen LogP contribution is 2.36. The Labute approximate surface area is 224 Å². The van der Waals surface area contributed by atoms with Crippen molar-refractivity contribution in [2.24, 2.45) is 0 Å². The molecule has 0 heterocycles. The lowest BCUT2D eigenvalue weighted by Crippen LogP contribution is -2.52. The second kappa shape index (κ2) is 13.3. The summed E-state index contributed by atoms with van der Waals surface area (Å²) in [6.45, 7) is 2.87. The first-order valence-corrected chi connectivity index (χ1v) is 14.1. The van der Waals surface area contributed by atoms with Gasteiger partial charge in [-0.1, -0.05) is 44.0 Å². The minimum Gasteiger partial charge on any atom is -0.354 e. The van der Waals surface area contributed by atoms with Gasteiger partial charge >= 0.3 is 6.18 Å². The van der Waals surface area contributed by atoms with E-state index in [1.54, 1.807) is 6.92 Å². The van der Waals surface area contributed by atoms with E-state index in [2.05, 4.69) is 5.32 Å². The molecule has 0 spiro atoms. The Kier molecular flexibility index (Phi) is 11.0. The van der Waals surface area contributed by atoms with Gasteiger partial charge < -0.3 is 10.2 Å². The van der Waals surface area contributed by atoms with Gasteiger partial charge in [0.05, 0.1) is 22.5 Å². The fourth-order valence-corrected chi connectivity index (χ4v) is 4.81. The molecule has 0 aromatic heterocycles. The van der Waals surface area contributed by atoms with Crippen molar-refractivity contribution >= 4 is 39.1 Å². The minimum atomic E-state index is -4.79. The first-order valence-electron chi connectivity index (χ1n) is 11.8. The number of rotatable bonds is 12. The number of benzene rings is 2. The first kappa shape index (κ1) is 31.4. The zero-order valence-corrected chi connectivity index (χ0v) is 22.8. The summed E-state index contributed by atoms with van der Waals surface area (Å²) in [4.78, 5) is 27.7. The molecule has 38 heavy (non-hydrogen) atoms. The SMILES string of the molecule is CCCCNC(=O)[C@@H](CC)N(Cc1ccc(F)cc1)C(=O)CN(c1cc(C(F)(F)F)ccc1Cl)S(C)(=O)=O. The van der Waals surface area contributed by atoms with Crippen LogP contribution < -0.4 is 9.62 Å². The molecule has 0 unspecified atom stereocenters. The highest BCUT2D eigenvalue weighted by Gasteiger charge is 2.35. The number of nitrogens with one attached hydrogen (secondary N) is 1. The van der Waals surface area contributed by atoms with E-state index in [0.717, 1.165) is 23.6 Å². The van der Waals surface area contributed by atoms with E-state index < -0.39 is 57.7 Å². The number of sulfonamides is 1. The molecule has 2 aromatic carbocycles. The average molecular weight is 580 g/mol. The molecule has 0 aliphatic rings. The van der Waals surface area contributed by atoms with Crippen molar-refractivity contribution in [2.45, 2.75) is 51.9 Å². The zero-order chi connectivity index (χ0) is 28.7. The molecule has 0 saturated heterocycles. The topological polar surface area (TPSA) is 86.8 Å². The van der Waals surface area contributed by atoms with Crippen LogP contribution >= 0.6 is 11.6 Å². The van der Waals surface area contributed by atoms with Crippen molar-refractivity contribution in [3.8, 4) is 0 Å². The summed E-state index contributed by atoms with van der Waals surface area (Å²) < 4.78 is 79.2. The van der Waals surface area contributed by atoms with Crippen LogP contribution in [0.5, 0.6) is 0 Å². The molecule has 1 atom stereocenters. The van der Waals surface area contributed by atoms with Crippen LogP contribution in [0.3, 0.4) is 0 Å². The van der Waals surface area contributed by atoms with Crippen LogP contribution in [-0.2, 0) is 32.3 Å². The average Bonchev–Trinajstić information content (AvgIpc) is 2.82. The molecule has 13 heteroatoms. The summed E-state index contributed by atoms with van der Waals surface area (Å²) in [6, 6.07) is 6.29. The Bertz CT molecular complexity index is 1220. The van der Waals surface area contributed by atoms with E-state index in [-0.39, 0.29) is 18.0 Å². The van der Waals surface area contributed by atoms with Crippen molar-refractivity contribution in [1.82, 2.24) is 10.2 Å². The van der Waals surface area contributed by atoms with Gasteiger partial charge in [0.15, 0.2) is 0 Å². The third-order valence-electron chi connectivity index (χ3n) is 5.70. The quantitative estimate of drug-likeness (QED) is 0.284. The molecule has 2 aromatic rings. The number of anilines is 1. The number of nitrogens with zero attached hydrogens (tertiary/aromatic N) is 2. The molecule has 0 radical (unpaired) electrons. The number of alkyl halides is 3. The van der Waals surface area contributed by atoms with Gasteiger partial charge in [0.25, 0.3) is 0 Å². The molecule has 0 bridgehead atoms. The van der Waals surface area contributed by atoms with Gasteiger partial charge in [-0.3, -0.25) is 13.9 Å². The Hall–Kier alpha value is -2.86. The van der Waals surface area contributed by atoms with Crippen LogP contribution in [0, 0.1) is 5.82 Å². The van der Waals surface area contributed by atoms with E-state index in [1.807, 2.05) is 6.92 Å². The monoisotopic (exact) mass is 579 g/mol. The molecular weight excluding hydrogens is 550 g/mol. The Morgan fingerprint density at radius 3 is 2.24 bits per heavy atom. The van der Waals surface area contributed by atoms with E-state index in [0.29, 0.717) is 35.0 Å². The number of carbonyl (C=O) groups is 2. The molecule has 210 valence electrons. The predicted octanol–water partition coefficient (Wildman–Crippen LogP) is 4.99. The van der Waals surface area contributed by atoms with Crippen LogP contribution in [0.1, 0.15) is 44.2 Å². The molecule has 2 amide bonds. The lowest BCUT2D eigenvalue weighted by atomic mass is 10.1. The third-order valence-corrected chi connectivity index (χ3v) is 7.15. The van der Waals surface area contributed by atoms with Crippen LogP contribution in [0.4, 0.5) is 23.2 Å². The van der Waals surface area contributed by atoms with Crippen molar-refractivity contribution in [1.29, 1.82) is 0 Å². The van der Waals surface area contributed by atoms with Crippen molar-refractivity contribution in [3.63, 3.8) is 0 Å². The molecule has 0 aliphatic heterocycles. The molecular formula is C25H30ClF4N3O4S. The highest BCUT2D eigenvalue weighted by atomic mass is 35.5. The summed E-state index contributed by atoms with van der Waals surface area (Å²) in [7, 11) is -4.30. The van der Waals surface area contributed by atoms with Gasteiger partial charge in [0.1, 0.15) is 18.4 Å². The maximum Gasteiger partial charge on any atom is 0.416 e. The van der Waals surface area contributed by atoms with Crippen LogP contribution in [0.25, 0.3) is 0 Å². The smallest absolute Gasteiger partial charge is 0.354 e. The minimum absolute atomic E-state index is 0.161. The van der Waals surface area contributed by atoms with E-state index in [9.17, 15) is 35.6 Å². The maximum absolute atomic E-state index is 13.6. The van der Waals surface area contributed by atoms with E-state index in [4.69, 9.17) is 11.6 Å². The van der Waals surface area contributed by atoms with Gasteiger partial charge in [0.2, 0.25) is 21.8 Å². The summed E-state index contributed by atoms with van der Waals surface area (Å²) in [5.41, 5.74) is -1.22. The second-order valence-electron chi connectivity index (χ2n) is 8.65. The number of hydrogen-bond donors (Lipinski definition) is 1. The van der Waals surface area contributed by atoms with Crippen LogP contribution in [0.15, 0.2) is 42.5 Å². The molecule has 1 N–H and O–H groups in total. The summed E-state index contributed by atoms with van der Waals surface area (Å²) in [5.74, 6) is -1.84. The number of halogens is 5. The number of hydrogen-bond acceptors (Lipinski definition) is 4. The van der Waals surface area contributed by atoms with Crippen LogP contribution in [0.2, 0.25) is 5.02 Å². The summed E-state index contributed by atoms with van der Waals surface area (Å²) in [5, 5.41) is 2.43. The fourth-order valence-electron chi connectivity index (χ4n) is 3.69. The van der Waals surface area contributed by atoms with Crippen molar-refractivity contribution in [3.05, 3.63) is 64.4 Å². The summed E-state index contributed by atoms with van der Waals surface area (Å²) in [6.07, 6.45) is -2.38. The fraction of sp³-hybridized carbons (Fsp3) is 0.440. The zero-order valence-electron chi connectivity index (χ0n) is 21.2. The normalized spacial score (nSPS) is 12.6. The lowest BCUT2D eigenvalue weighted by molar-refractivity contribution is -0.140. The summed E-state index contributed by atoms with van der Waals surface area (Å²) >= 11 is 6.07. The standard InChI is InChI=1S/C25H30ClF4N3O4S/c1-4-6-13-31-24(35)21(5-2)32(15-17-7-10-19(27)11-8-17)23(34)16-33(38(3,36)37)22-14-18(25(28,29)30)9-12-20(22)26/h7-12,14,21H,4-6,13,15-16H2,1-3H3,(H,31,35)/t21-/m1/s1. The van der Waals surface area contributed by atoms with Crippen molar-refractivity contribution < 1.29 is 35.6 Å².